The quantitative estimate of drug-likeness (QED) is 0.757. The number of carbonyl (C=O) groups is 1. The maximum Gasteiger partial charge on any atom is 0.407 e. The number of carbonyl (C=O) groups excluding carboxylic acids is 1. The molecule has 0 aromatic heterocycles. The van der Waals surface area contributed by atoms with Crippen molar-refractivity contribution in [2.45, 2.75) is 51.8 Å². The third kappa shape index (κ3) is 7.44. The molecule has 0 radical (unpaired) electrons. The van der Waals surface area contributed by atoms with Crippen molar-refractivity contribution in [2.75, 3.05) is 13.2 Å². The van der Waals surface area contributed by atoms with Crippen molar-refractivity contribution < 1.29 is 14.3 Å². The summed E-state index contributed by atoms with van der Waals surface area (Å²) in [5.74, 6) is 1.21. The van der Waals surface area contributed by atoms with Crippen molar-refractivity contribution >= 4 is 6.09 Å². The fraction of sp³-hybridized carbons (Fsp3) is 0.579. The number of nitrogens with one attached hydrogen (secondary N) is 2. The van der Waals surface area contributed by atoms with E-state index in [1.807, 2.05) is 51.1 Å². The Kier molecular flexibility index (Phi) is 6.65. The van der Waals surface area contributed by atoms with E-state index >= 15 is 0 Å². The van der Waals surface area contributed by atoms with Crippen molar-refractivity contribution in [1.82, 2.24) is 10.6 Å². The van der Waals surface area contributed by atoms with Crippen LogP contribution < -0.4 is 15.4 Å². The standard InChI is InChI=1S/C19H27N3O3/c1-19(2,3)25-18(23)22-17(15-7-8-15)13-21-12-14-5-4-6-16(11-14)24-10-9-20/h4-6,11,15,17,21H,7-8,10,12-13H2,1-3H3,(H,22,23). The van der Waals surface area contributed by atoms with Crippen LogP contribution in [0, 0.1) is 17.2 Å². The summed E-state index contributed by atoms with van der Waals surface area (Å²) in [6.07, 6.45) is 1.91. The molecule has 1 saturated carbocycles. The number of amides is 1. The van der Waals surface area contributed by atoms with Crippen LogP contribution in [-0.4, -0.2) is 30.9 Å². The third-order valence-electron chi connectivity index (χ3n) is 3.79. The highest BCUT2D eigenvalue weighted by atomic mass is 16.6. The van der Waals surface area contributed by atoms with E-state index in [2.05, 4.69) is 10.6 Å². The molecule has 136 valence electrons. The molecule has 6 nitrogen and oxygen atoms in total. The molecule has 1 unspecified atom stereocenters. The first kappa shape index (κ1) is 19.1. The number of rotatable bonds is 8. The molecule has 2 rings (SSSR count). The van der Waals surface area contributed by atoms with E-state index in [0.29, 0.717) is 24.8 Å². The lowest BCUT2D eigenvalue weighted by Crippen LogP contribution is -2.45. The molecule has 1 fully saturated rings. The van der Waals surface area contributed by atoms with Crippen molar-refractivity contribution in [3.63, 3.8) is 0 Å². The number of nitrogens with zero attached hydrogens (tertiary/aromatic N) is 1. The summed E-state index contributed by atoms with van der Waals surface area (Å²) in [5.41, 5.74) is 0.581. The van der Waals surface area contributed by atoms with Crippen molar-refractivity contribution in [3.05, 3.63) is 29.8 Å². The van der Waals surface area contributed by atoms with E-state index < -0.39 is 5.60 Å². The van der Waals surface area contributed by atoms with Crippen LogP contribution in [0.4, 0.5) is 4.79 Å². The van der Waals surface area contributed by atoms with Gasteiger partial charge in [0.05, 0.1) is 0 Å². The first-order valence-corrected chi connectivity index (χ1v) is 8.66. The van der Waals surface area contributed by atoms with Gasteiger partial charge in [0.25, 0.3) is 0 Å². The van der Waals surface area contributed by atoms with E-state index in [0.717, 1.165) is 18.4 Å². The molecule has 2 N–H and O–H groups in total. The van der Waals surface area contributed by atoms with Crippen molar-refractivity contribution in [2.24, 2.45) is 5.92 Å². The Morgan fingerprint density at radius 1 is 1.40 bits per heavy atom. The van der Waals surface area contributed by atoms with Gasteiger partial charge in [-0.1, -0.05) is 12.1 Å². The third-order valence-corrected chi connectivity index (χ3v) is 3.79. The number of nitriles is 1. The second-order valence-electron chi connectivity index (χ2n) is 7.32. The molecule has 6 heteroatoms. The number of hydrogen-bond acceptors (Lipinski definition) is 5. The number of alkyl carbamates (subject to hydrolysis) is 1. The summed E-state index contributed by atoms with van der Waals surface area (Å²) in [4.78, 5) is 12.0. The fourth-order valence-corrected chi connectivity index (χ4v) is 2.53. The van der Waals surface area contributed by atoms with Gasteiger partial charge >= 0.3 is 6.09 Å². The predicted octanol–water partition coefficient (Wildman–Crippen LogP) is 2.98. The van der Waals surface area contributed by atoms with Crippen LogP contribution in [-0.2, 0) is 11.3 Å². The van der Waals surface area contributed by atoms with Gasteiger partial charge in [-0.25, -0.2) is 4.79 Å². The Bertz CT molecular complexity index is 615. The van der Waals surface area contributed by atoms with Crippen molar-refractivity contribution in [1.29, 1.82) is 5.26 Å². The zero-order chi connectivity index (χ0) is 18.3. The second-order valence-corrected chi connectivity index (χ2v) is 7.32. The zero-order valence-electron chi connectivity index (χ0n) is 15.2. The number of ether oxygens (including phenoxy) is 2. The average Bonchev–Trinajstić information content (AvgIpc) is 3.35. The lowest BCUT2D eigenvalue weighted by atomic mass is 10.1. The highest BCUT2D eigenvalue weighted by Gasteiger charge is 2.33. The molecule has 1 atom stereocenters. The Morgan fingerprint density at radius 3 is 2.80 bits per heavy atom. The largest absolute Gasteiger partial charge is 0.479 e. The van der Waals surface area contributed by atoms with Gasteiger partial charge in [0, 0.05) is 19.1 Å². The molecule has 1 aliphatic rings. The van der Waals surface area contributed by atoms with Crippen molar-refractivity contribution in [3.8, 4) is 11.8 Å². The van der Waals surface area contributed by atoms with E-state index in [1.54, 1.807) is 0 Å². The summed E-state index contributed by atoms with van der Waals surface area (Å²) in [5, 5.41) is 14.9. The topological polar surface area (TPSA) is 83.4 Å². The monoisotopic (exact) mass is 345 g/mol. The normalized spacial score (nSPS) is 15.1. The molecule has 25 heavy (non-hydrogen) atoms. The molecule has 0 bridgehead atoms. The second kappa shape index (κ2) is 8.72. The fourth-order valence-electron chi connectivity index (χ4n) is 2.53. The lowest BCUT2D eigenvalue weighted by molar-refractivity contribution is 0.0497. The SMILES string of the molecule is CC(C)(C)OC(=O)NC(CNCc1cccc(OCC#N)c1)C1CC1. The maximum absolute atomic E-state index is 12.0. The van der Waals surface area contributed by atoms with Crippen LogP contribution in [0.25, 0.3) is 0 Å². The van der Waals surface area contributed by atoms with E-state index in [-0.39, 0.29) is 18.7 Å². The van der Waals surface area contributed by atoms with E-state index in [9.17, 15) is 4.79 Å². The van der Waals surface area contributed by atoms with E-state index in [4.69, 9.17) is 14.7 Å². The molecule has 0 heterocycles. The molecule has 1 amide bonds. The Hall–Kier alpha value is -2.26. The highest BCUT2D eigenvalue weighted by molar-refractivity contribution is 5.68. The smallest absolute Gasteiger partial charge is 0.407 e. The van der Waals surface area contributed by atoms with Gasteiger partial charge in [-0.05, 0) is 57.2 Å². The van der Waals surface area contributed by atoms with Gasteiger partial charge in [-0.15, -0.1) is 0 Å². The predicted molar refractivity (Wildman–Crippen MR) is 95.1 cm³/mol. The van der Waals surface area contributed by atoms with Gasteiger partial charge in [-0.3, -0.25) is 0 Å². The number of hydrogen-bond donors (Lipinski definition) is 2. The molecule has 1 aromatic rings. The van der Waals surface area contributed by atoms with E-state index in [1.165, 1.54) is 0 Å². The van der Waals surface area contributed by atoms with Gasteiger partial charge in [-0.2, -0.15) is 5.26 Å². The molecule has 0 aliphatic heterocycles. The zero-order valence-corrected chi connectivity index (χ0v) is 15.2. The van der Waals surface area contributed by atoms with Crippen LogP contribution in [0.5, 0.6) is 5.75 Å². The summed E-state index contributed by atoms with van der Waals surface area (Å²) in [6, 6.07) is 9.68. The molecule has 0 saturated heterocycles. The first-order chi connectivity index (χ1) is 11.9. The Balaban J connectivity index is 1.80. The molecular weight excluding hydrogens is 318 g/mol. The first-order valence-electron chi connectivity index (χ1n) is 8.66. The molecular formula is C19H27N3O3. The number of benzene rings is 1. The minimum Gasteiger partial charge on any atom is -0.479 e. The summed E-state index contributed by atoms with van der Waals surface area (Å²) in [7, 11) is 0. The van der Waals surface area contributed by atoms with Crippen LogP contribution in [0.3, 0.4) is 0 Å². The molecule has 1 aliphatic carbocycles. The Labute approximate surface area is 149 Å². The van der Waals surface area contributed by atoms with Crippen LogP contribution in [0.1, 0.15) is 39.2 Å². The minimum atomic E-state index is -0.491. The molecule has 0 spiro atoms. The van der Waals surface area contributed by atoms with Gasteiger partial charge in [0.2, 0.25) is 0 Å². The van der Waals surface area contributed by atoms with Gasteiger partial charge in [0.15, 0.2) is 6.61 Å². The maximum atomic E-state index is 12.0. The van der Waals surface area contributed by atoms with Crippen LogP contribution >= 0.6 is 0 Å². The Morgan fingerprint density at radius 2 is 2.16 bits per heavy atom. The van der Waals surface area contributed by atoms with Crippen LogP contribution in [0.15, 0.2) is 24.3 Å². The summed E-state index contributed by atoms with van der Waals surface area (Å²) >= 11 is 0. The van der Waals surface area contributed by atoms with Gasteiger partial charge in [0.1, 0.15) is 17.4 Å². The van der Waals surface area contributed by atoms with Crippen LogP contribution in [0.2, 0.25) is 0 Å². The molecule has 1 aromatic carbocycles. The summed E-state index contributed by atoms with van der Waals surface area (Å²) in [6.45, 7) is 6.98. The minimum absolute atomic E-state index is 0.0421. The average molecular weight is 345 g/mol. The highest BCUT2D eigenvalue weighted by Crippen LogP contribution is 2.32. The summed E-state index contributed by atoms with van der Waals surface area (Å²) < 4.78 is 10.7. The van der Waals surface area contributed by atoms with Gasteiger partial charge < -0.3 is 20.1 Å². The lowest BCUT2D eigenvalue weighted by Gasteiger charge is -2.24.